The van der Waals surface area contributed by atoms with Gasteiger partial charge in [-0.3, -0.25) is 19.5 Å². The number of nitroso groups, excluding NO2 is 1. The number of benzene rings is 1. The molecule has 2 fully saturated rings. The number of pyridine rings is 1. The molecule has 0 bridgehead atoms. The largest absolute Gasteiger partial charge is 0.278 e. The van der Waals surface area contributed by atoms with Crippen molar-refractivity contribution in [2.45, 2.75) is 51.5 Å². The van der Waals surface area contributed by atoms with Crippen LogP contribution in [0.2, 0.25) is 0 Å². The second-order valence-electron chi connectivity index (χ2n) is 9.20. The second-order valence-corrected chi connectivity index (χ2v) is 9.20. The molecular weight excluding hydrogens is 378 g/mol. The zero-order chi connectivity index (χ0) is 20.9. The predicted molar refractivity (Wildman–Crippen MR) is 112 cm³/mol. The number of nitrogens with zero attached hydrogens (tertiary/aromatic N) is 3. The number of aryl methyl sites for hydroxylation is 1. The Hall–Kier alpha value is -2.89. The van der Waals surface area contributed by atoms with Crippen molar-refractivity contribution in [3.63, 3.8) is 0 Å². The van der Waals surface area contributed by atoms with Crippen molar-refractivity contribution in [3.05, 3.63) is 64.3 Å². The van der Waals surface area contributed by atoms with Gasteiger partial charge in [-0.25, -0.2) is 0 Å². The maximum atomic E-state index is 13.5. The molecule has 5 rings (SSSR count). The second kappa shape index (κ2) is 7.11. The summed E-state index contributed by atoms with van der Waals surface area (Å²) in [5.41, 5.74) is 3.32. The van der Waals surface area contributed by atoms with Crippen LogP contribution >= 0.6 is 0 Å². The summed E-state index contributed by atoms with van der Waals surface area (Å²) in [4.78, 5) is 43.1. The van der Waals surface area contributed by atoms with Crippen molar-refractivity contribution < 1.29 is 9.59 Å². The number of imide groups is 1. The van der Waals surface area contributed by atoms with E-state index in [1.807, 2.05) is 24.3 Å². The van der Waals surface area contributed by atoms with Gasteiger partial charge in [0.1, 0.15) is 5.69 Å². The first-order valence-corrected chi connectivity index (χ1v) is 10.7. The van der Waals surface area contributed by atoms with E-state index in [2.05, 4.69) is 17.1 Å². The van der Waals surface area contributed by atoms with E-state index in [4.69, 9.17) is 0 Å². The Bertz CT molecular complexity index is 1020. The molecule has 0 N–H and O–H groups in total. The fourth-order valence-electron chi connectivity index (χ4n) is 6.14. The van der Waals surface area contributed by atoms with E-state index < -0.39 is 5.41 Å². The maximum Gasteiger partial charge on any atom is 0.235 e. The van der Waals surface area contributed by atoms with Crippen molar-refractivity contribution in [1.29, 1.82) is 0 Å². The molecule has 1 saturated heterocycles. The molecule has 6 nitrogen and oxygen atoms in total. The number of carbonyl (C=O) groups is 2. The average molecular weight is 403 g/mol. The minimum absolute atomic E-state index is 0.0302. The Kier molecular flexibility index (Phi) is 4.53. The third-order valence-electron chi connectivity index (χ3n) is 7.70. The van der Waals surface area contributed by atoms with E-state index in [1.165, 1.54) is 16.0 Å². The van der Waals surface area contributed by atoms with E-state index >= 15 is 0 Å². The lowest BCUT2D eigenvalue weighted by Gasteiger charge is -2.54. The average Bonchev–Trinajstić information content (AvgIpc) is 2.78. The van der Waals surface area contributed by atoms with Crippen LogP contribution in [0.1, 0.15) is 55.2 Å². The Morgan fingerprint density at radius 3 is 2.87 bits per heavy atom. The SMILES string of the molecule is C[C@]12CCC3c4ccc(N=O)cc4CCC3C1CC(=O)N(Cc1cccnc1)C2=O. The zero-order valence-corrected chi connectivity index (χ0v) is 17.1. The number of rotatable bonds is 3. The van der Waals surface area contributed by atoms with Gasteiger partial charge in [-0.2, -0.15) is 0 Å². The predicted octanol–water partition coefficient (Wildman–Crippen LogP) is 4.50. The standard InChI is InChI=1S/C24H25N3O3/c1-24-9-8-19-18-7-5-17(26-30)11-16(18)4-6-20(19)21(24)12-22(28)27(23(24)29)14-15-3-2-10-25-13-15/h2-3,5,7,10-11,13,19-21H,4,6,8-9,12,14H2,1H3/t19?,20?,21?,24-/m0/s1. The smallest absolute Gasteiger partial charge is 0.235 e. The molecule has 1 aromatic heterocycles. The highest BCUT2D eigenvalue weighted by Gasteiger charge is 2.57. The van der Waals surface area contributed by atoms with Crippen LogP contribution in [-0.4, -0.2) is 21.7 Å². The van der Waals surface area contributed by atoms with E-state index in [1.54, 1.807) is 18.5 Å². The normalized spacial score (nSPS) is 30.3. The van der Waals surface area contributed by atoms with Crippen molar-refractivity contribution in [3.8, 4) is 0 Å². The maximum absolute atomic E-state index is 13.5. The van der Waals surface area contributed by atoms with Crippen LogP contribution in [0, 0.1) is 22.2 Å². The van der Waals surface area contributed by atoms with E-state index in [0.717, 1.165) is 31.2 Å². The van der Waals surface area contributed by atoms with Gasteiger partial charge in [0.15, 0.2) is 0 Å². The number of piperidine rings is 1. The van der Waals surface area contributed by atoms with Crippen LogP contribution in [-0.2, 0) is 22.6 Å². The minimum Gasteiger partial charge on any atom is -0.278 e. The van der Waals surface area contributed by atoms with Crippen LogP contribution in [0.5, 0.6) is 0 Å². The third-order valence-corrected chi connectivity index (χ3v) is 7.70. The van der Waals surface area contributed by atoms with Crippen molar-refractivity contribution in [1.82, 2.24) is 9.88 Å². The molecule has 4 atom stereocenters. The lowest BCUT2D eigenvalue weighted by molar-refractivity contribution is -0.168. The molecule has 154 valence electrons. The molecule has 30 heavy (non-hydrogen) atoms. The molecule has 2 amide bonds. The summed E-state index contributed by atoms with van der Waals surface area (Å²) in [5.74, 6) is 0.631. The quantitative estimate of drug-likeness (QED) is 0.558. The van der Waals surface area contributed by atoms with Crippen molar-refractivity contribution in [2.24, 2.45) is 22.4 Å². The topological polar surface area (TPSA) is 79.7 Å². The summed E-state index contributed by atoms with van der Waals surface area (Å²) in [5, 5.41) is 3.07. The highest BCUT2D eigenvalue weighted by molar-refractivity contribution is 6.01. The highest BCUT2D eigenvalue weighted by Crippen LogP contribution is 2.58. The number of aromatic nitrogens is 1. The van der Waals surface area contributed by atoms with Gasteiger partial charge in [0.25, 0.3) is 0 Å². The zero-order valence-electron chi connectivity index (χ0n) is 17.1. The number of fused-ring (bicyclic) bond motifs is 5. The van der Waals surface area contributed by atoms with Crippen LogP contribution in [0.15, 0.2) is 47.9 Å². The molecule has 0 radical (unpaired) electrons. The van der Waals surface area contributed by atoms with Gasteiger partial charge >= 0.3 is 0 Å². The molecule has 1 aliphatic heterocycles. The first-order chi connectivity index (χ1) is 14.5. The van der Waals surface area contributed by atoms with Gasteiger partial charge in [-0.15, -0.1) is 4.91 Å². The summed E-state index contributed by atoms with van der Waals surface area (Å²) >= 11 is 0. The minimum atomic E-state index is -0.501. The lowest BCUT2D eigenvalue weighted by atomic mass is 9.52. The number of amides is 2. The lowest BCUT2D eigenvalue weighted by Crippen LogP contribution is -2.58. The molecule has 1 aromatic carbocycles. The molecule has 3 unspecified atom stereocenters. The molecule has 2 aliphatic carbocycles. The van der Waals surface area contributed by atoms with Crippen LogP contribution in [0.3, 0.4) is 0 Å². The molecule has 6 heteroatoms. The van der Waals surface area contributed by atoms with Gasteiger partial charge in [-0.1, -0.05) is 19.1 Å². The summed E-state index contributed by atoms with van der Waals surface area (Å²) in [6, 6.07) is 9.45. The number of hydrogen-bond acceptors (Lipinski definition) is 5. The van der Waals surface area contributed by atoms with Crippen LogP contribution in [0.4, 0.5) is 5.69 Å². The van der Waals surface area contributed by atoms with Crippen LogP contribution in [0.25, 0.3) is 0 Å². The summed E-state index contributed by atoms with van der Waals surface area (Å²) in [6.45, 7) is 2.36. The van der Waals surface area contributed by atoms with Crippen LogP contribution < -0.4 is 0 Å². The Morgan fingerprint density at radius 1 is 1.23 bits per heavy atom. The van der Waals surface area contributed by atoms with Gasteiger partial charge < -0.3 is 0 Å². The summed E-state index contributed by atoms with van der Waals surface area (Å²) in [7, 11) is 0. The summed E-state index contributed by atoms with van der Waals surface area (Å²) in [6.07, 6.45) is 7.36. The van der Waals surface area contributed by atoms with Gasteiger partial charge in [-0.05, 0) is 83.5 Å². The molecule has 2 aromatic rings. The van der Waals surface area contributed by atoms with Gasteiger partial charge in [0.05, 0.1) is 12.0 Å². The first kappa shape index (κ1) is 19.1. The number of carbonyl (C=O) groups excluding carboxylic acids is 2. The molecule has 0 spiro atoms. The third kappa shape index (κ3) is 2.89. The molecule has 1 saturated carbocycles. The molecule has 3 aliphatic rings. The Morgan fingerprint density at radius 2 is 2.10 bits per heavy atom. The first-order valence-electron chi connectivity index (χ1n) is 10.7. The number of hydrogen-bond donors (Lipinski definition) is 0. The highest BCUT2D eigenvalue weighted by atomic mass is 16.3. The number of likely N-dealkylation sites (tertiary alicyclic amines) is 1. The van der Waals surface area contributed by atoms with Crippen molar-refractivity contribution >= 4 is 17.5 Å². The van der Waals surface area contributed by atoms with Crippen molar-refractivity contribution in [2.75, 3.05) is 0 Å². The van der Waals surface area contributed by atoms with E-state index in [9.17, 15) is 14.5 Å². The van der Waals surface area contributed by atoms with Gasteiger partial charge in [0, 0.05) is 18.8 Å². The van der Waals surface area contributed by atoms with E-state index in [0.29, 0.717) is 30.5 Å². The fourth-order valence-corrected chi connectivity index (χ4v) is 6.14. The molecule has 2 heterocycles. The Labute approximate surface area is 175 Å². The summed E-state index contributed by atoms with van der Waals surface area (Å²) < 4.78 is 0. The molecular formula is C24H25N3O3. The van der Waals surface area contributed by atoms with Gasteiger partial charge in [0.2, 0.25) is 11.8 Å². The monoisotopic (exact) mass is 403 g/mol. The fraction of sp³-hybridized carbons (Fsp3) is 0.458. The Balaban J connectivity index is 1.43. The van der Waals surface area contributed by atoms with E-state index in [-0.39, 0.29) is 17.7 Å².